The fraction of sp³-hybridized carbons (Fsp3) is 0.857. The van der Waals surface area contributed by atoms with Gasteiger partial charge >= 0.3 is 58.4 Å². The van der Waals surface area contributed by atoms with Crippen LogP contribution in [0.5, 0.6) is 0 Å². The maximum atomic E-state index is 12.0. The molecule has 2 nitrogen and oxygen atoms in total. The molecular weight excluding hydrogens is 221 g/mol. The summed E-state index contributed by atoms with van der Waals surface area (Å²) in [4.78, 5) is 12.0. The van der Waals surface area contributed by atoms with Gasteiger partial charge in [-0.05, 0) is 12.4 Å². The minimum Gasteiger partial charge on any atom is -0.448 e. The summed E-state index contributed by atoms with van der Waals surface area (Å²) < 4.78 is 35.9. The second kappa shape index (κ2) is 5.89. The van der Waals surface area contributed by atoms with Crippen molar-refractivity contribution in [2.75, 3.05) is 13.0 Å². The van der Waals surface area contributed by atoms with Crippen LogP contribution in [0, 0.1) is 5.92 Å². The van der Waals surface area contributed by atoms with Gasteiger partial charge in [-0.1, -0.05) is 13.3 Å². The number of carbonyl (C=O) groups is 1. The van der Waals surface area contributed by atoms with E-state index in [1.807, 2.05) is 6.92 Å². The molecule has 7 heteroatoms. The Bertz CT molecular complexity index is 212. The van der Waals surface area contributed by atoms with Gasteiger partial charge in [0.2, 0.25) is 5.91 Å². The summed E-state index contributed by atoms with van der Waals surface area (Å²) in [6.07, 6.45) is 0.0189. The Morgan fingerprint density at radius 1 is 1.50 bits per heavy atom. The summed E-state index contributed by atoms with van der Waals surface area (Å²) in [7, 11) is 0. The molecule has 0 aromatic heterocycles. The molecule has 0 saturated carbocycles. The molecule has 1 aliphatic rings. The van der Waals surface area contributed by atoms with Crippen LogP contribution in [0.15, 0.2) is 0 Å². The zero-order chi connectivity index (χ0) is 10.1. The maximum absolute atomic E-state index is 12.0. The van der Waals surface area contributed by atoms with E-state index in [-0.39, 0.29) is 76.2 Å². The average Bonchev–Trinajstić information content (AvgIpc) is 2.29. The van der Waals surface area contributed by atoms with Gasteiger partial charge in [-0.3, -0.25) is 4.79 Å². The summed E-state index contributed by atoms with van der Waals surface area (Å²) in [6, 6.07) is 0. The summed E-state index contributed by atoms with van der Waals surface area (Å²) in [5.74, 6) is -0.239. The molecule has 0 aromatic carbocycles. The standard InChI is InChI=1S/C7H12BF3NO.K/c1-2-6-3-7(13)12(4-6)5-8(9,10)11;/h6H,2-5H2,1H3;/q-1;+1. The van der Waals surface area contributed by atoms with Crippen molar-refractivity contribution < 1.29 is 69.1 Å². The van der Waals surface area contributed by atoms with Crippen LogP contribution < -0.4 is 51.4 Å². The zero-order valence-corrected chi connectivity index (χ0v) is 11.6. The van der Waals surface area contributed by atoms with E-state index in [0.717, 1.165) is 11.3 Å². The van der Waals surface area contributed by atoms with Crippen LogP contribution in [-0.2, 0) is 4.79 Å². The summed E-state index contributed by atoms with van der Waals surface area (Å²) >= 11 is 0. The maximum Gasteiger partial charge on any atom is 1.00 e. The van der Waals surface area contributed by atoms with Gasteiger partial charge in [-0.25, -0.2) is 0 Å². The zero-order valence-electron chi connectivity index (χ0n) is 8.47. The number of nitrogens with zero attached hydrogens (tertiary/aromatic N) is 1. The van der Waals surface area contributed by atoms with E-state index in [0.29, 0.717) is 0 Å². The van der Waals surface area contributed by atoms with Gasteiger partial charge < -0.3 is 17.8 Å². The van der Waals surface area contributed by atoms with Gasteiger partial charge in [0.05, 0.1) is 0 Å². The molecule has 0 bridgehead atoms. The summed E-state index contributed by atoms with van der Waals surface area (Å²) in [5, 5.41) is 0. The Labute approximate surface area is 124 Å². The normalized spacial score (nSPS) is 22.4. The van der Waals surface area contributed by atoms with Crippen molar-refractivity contribution in [3.05, 3.63) is 0 Å². The van der Waals surface area contributed by atoms with E-state index in [2.05, 4.69) is 0 Å². The minimum atomic E-state index is -4.87. The number of rotatable bonds is 3. The third-order valence-electron chi connectivity index (χ3n) is 2.30. The average molecular weight is 233 g/mol. The molecule has 1 atom stereocenters. The van der Waals surface area contributed by atoms with Gasteiger partial charge in [-0.15, -0.1) is 0 Å². The molecule has 1 unspecified atom stereocenters. The van der Waals surface area contributed by atoms with E-state index < -0.39 is 13.4 Å². The third-order valence-corrected chi connectivity index (χ3v) is 2.30. The second-order valence-electron chi connectivity index (χ2n) is 3.49. The Hall–Kier alpha value is 0.961. The van der Waals surface area contributed by atoms with E-state index >= 15 is 0 Å². The molecule has 76 valence electrons. The Morgan fingerprint density at radius 2 is 2.07 bits per heavy atom. The topological polar surface area (TPSA) is 20.3 Å². The monoisotopic (exact) mass is 233 g/mol. The molecule has 14 heavy (non-hydrogen) atoms. The molecule has 1 rings (SSSR count). The number of carbonyl (C=O) groups excluding carboxylic acids is 1. The summed E-state index contributed by atoms with van der Waals surface area (Å²) in [6.45, 7) is -2.70. The van der Waals surface area contributed by atoms with Gasteiger partial charge in [0.15, 0.2) is 0 Å². The van der Waals surface area contributed by atoms with E-state index in [4.69, 9.17) is 0 Å². The first kappa shape index (κ1) is 15.0. The van der Waals surface area contributed by atoms with Crippen molar-refractivity contribution >= 4 is 12.9 Å². The molecule has 1 heterocycles. The smallest absolute Gasteiger partial charge is 0.448 e. The molecular formula is C7H12BF3KNO. The van der Waals surface area contributed by atoms with Gasteiger partial charge in [-0.2, -0.15) is 0 Å². The van der Waals surface area contributed by atoms with Crippen LogP contribution in [0.4, 0.5) is 12.9 Å². The molecule has 1 saturated heterocycles. The number of hydrogen-bond donors (Lipinski definition) is 0. The quantitative estimate of drug-likeness (QED) is 0.551. The molecule has 1 amide bonds. The second-order valence-corrected chi connectivity index (χ2v) is 3.49. The molecule has 0 spiro atoms. The first-order valence-electron chi connectivity index (χ1n) is 4.41. The van der Waals surface area contributed by atoms with Crippen molar-refractivity contribution in [2.24, 2.45) is 5.92 Å². The number of likely N-dealkylation sites (tertiary alicyclic amines) is 1. The van der Waals surface area contributed by atoms with E-state index in [1.54, 1.807) is 0 Å². The predicted octanol–water partition coefficient (Wildman–Crippen LogP) is -1.36. The molecule has 0 aliphatic carbocycles. The Kier molecular flexibility index (Phi) is 6.29. The largest absolute Gasteiger partial charge is 1.00 e. The SMILES string of the molecule is CCC1CC(=O)N(C[B-](F)(F)F)C1.[K+]. The fourth-order valence-electron chi connectivity index (χ4n) is 1.55. The van der Waals surface area contributed by atoms with Crippen LogP contribution in [-0.4, -0.2) is 30.8 Å². The van der Waals surface area contributed by atoms with Crippen molar-refractivity contribution in [1.29, 1.82) is 0 Å². The molecule has 0 radical (unpaired) electrons. The van der Waals surface area contributed by atoms with Crippen LogP contribution in [0.1, 0.15) is 19.8 Å². The predicted molar refractivity (Wildman–Crippen MR) is 44.1 cm³/mol. The van der Waals surface area contributed by atoms with E-state index in [1.165, 1.54) is 0 Å². The van der Waals surface area contributed by atoms with E-state index in [9.17, 15) is 17.7 Å². The van der Waals surface area contributed by atoms with Crippen molar-refractivity contribution in [1.82, 2.24) is 4.90 Å². The number of amides is 1. The summed E-state index contributed by atoms with van der Waals surface area (Å²) in [5.41, 5.74) is 0. The van der Waals surface area contributed by atoms with Crippen molar-refractivity contribution in [3.8, 4) is 0 Å². The third kappa shape index (κ3) is 4.65. The van der Waals surface area contributed by atoms with Gasteiger partial charge in [0.1, 0.15) is 0 Å². The number of halogens is 3. The van der Waals surface area contributed by atoms with Crippen molar-refractivity contribution in [2.45, 2.75) is 19.8 Å². The first-order valence-corrected chi connectivity index (χ1v) is 4.41. The van der Waals surface area contributed by atoms with Crippen LogP contribution in [0.2, 0.25) is 0 Å². The van der Waals surface area contributed by atoms with Crippen LogP contribution in [0.25, 0.3) is 0 Å². The Morgan fingerprint density at radius 3 is 2.43 bits per heavy atom. The molecule has 1 fully saturated rings. The van der Waals surface area contributed by atoms with Crippen LogP contribution >= 0.6 is 0 Å². The minimum absolute atomic E-state index is 0. The Balaban J connectivity index is 0.00000169. The molecule has 0 N–H and O–H groups in total. The first-order chi connectivity index (χ1) is 5.92. The fourth-order valence-corrected chi connectivity index (χ4v) is 1.55. The van der Waals surface area contributed by atoms with Gasteiger partial charge in [0.25, 0.3) is 0 Å². The van der Waals surface area contributed by atoms with Gasteiger partial charge in [0, 0.05) is 13.0 Å². The van der Waals surface area contributed by atoms with Crippen molar-refractivity contribution in [3.63, 3.8) is 0 Å². The number of hydrogen-bond acceptors (Lipinski definition) is 1. The molecule has 1 aliphatic heterocycles. The van der Waals surface area contributed by atoms with Crippen LogP contribution in [0.3, 0.4) is 0 Å². The molecule has 0 aromatic rings.